The van der Waals surface area contributed by atoms with Gasteiger partial charge in [0.25, 0.3) is 0 Å². The third-order valence-corrected chi connectivity index (χ3v) is 6.05. The van der Waals surface area contributed by atoms with Gasteiger partial charge in [-0.1, -0.05) is 0 Å². The first-order valence-electron chi connectivity index (χ1n) is 8.92. The summed E-state index contributed by atoms with van der Waals surface area (Å²) in [5.41, 5.74) is 5.08. The number of carbonyl (C=O) groups excluding carboxylic acids is 1. The Balaban J connectivity index is 0.000000431. The Morgan fingerprint density at radius 1 is 1.12 bits per heavy atom. The Hall–Kier alpha value is -0.800. The van der Waals surface area contributed by atoms with Crippen molar-refractivity contribution >= 4 is 16.1 Å². The lowest BCUT2D eigenvalue weighted by Crippen LogP contribution is -2.49. The third kappa shape index (κ3) is 5.13. The number of hydrogen-bond acceptors (Lipinski definition) is 5. The second-order valence-corrected chi connectivity index (χ2v) is 10.8. The maximum atomic E-state index is 13.2. The van der Waals surface area contributed by atoms with Gasteiger partial charge in [-0.15, -0.1) is 0 Å². The minimum atomic E-state index is -5.79. The molecule has 0 aromatic rings. The van der Waals surface area contributed by atoms with Crippen molar-refractivity contribution in [2.24, 2.45) is 28.9 Å². The fourth-order valence-electron chi connectivity index (χ4n) is 4.87. The molecule has 26 heavy (non-hydrogen) atoms. The number of carbonyl (C=O) groups is 1. The third-order valence-electron chi connectivity index (χ3n) is 5.24. The molecule has 0 aromatic heterocycles. The smallest absolute Gasteiger partial charge is 0.460 e. The van der Waals surface area contributed by atoms with E-state index in [2.05, 4.69) is 4.74 Å². The minimum Gasteiger partial charge on any atom is -0.460 e. The summed E-state index contributed by atoms with van der Waals surface area (Å²) >= 11 is 0. The van der Waals surface area contributed by atoms with Crippen LogP contribution in [0.4, 0.5) is 8.78 Å². The molecule has 0 radical (unpaired) electrons. The van der Waals surface area contributed by atoms with Crippen molar-refractivity contribution < 1.29 is 31.3 Å². The lowest BCUT2D eigenvalue weighted by molar-refractivity contribution is -0.172. The molecule has 9 heteroatoms. The molecule has 0 unspecified atom stereocenters. The molecule has 4 bridgehead atoms. The highest BCUT2D eigenvalue weighted by atomic mass is 32.2. The van der Waals surface area contributed by atoms with E-state index in [1.165, 1.54) is 0 Å². The van der Waals surface area contributed by atoms with Crippen molar-refractivity contribution in [2.45, 2.75) is 70.1 Å². The molecule has 0 amide bonds. The number of rotatable bonds is 4. The summed E-state index contributed by atoms with van der Waals surface area (Å²) in [6.07, 6.45) is 6.04. The summed E-state index contributed by atoms with van der Waals surface area (Å²) in [5.74, 6) is -0.480. The Kier molecular flexibility index (Phi) is 5.77. The summed E-state index contributed by atoms with van der Waals surface area (Å²) in [6.45, 7) is 5.72. The molecule has 0 spiro atoms. The number of alkyl halides is 2. The molecule has 4 aliphatic rings. The van der Waals surface area contributed by atoms with E-state index < -0.39 is 21.3 Å². The van der Waals surface area contributed by atoms with Crippen LogP contribution >= 0.6 is 0 Å². The van der Waals surface area contributed by atoms with Crippen LogP contribution in [-0.2, 0) is 19.6 Å². The number of nitrogens with two attached hydrogens (primary N) is 1. The minimum absolute atomic E-state index is 0. The van der Waals surface area contributed by atoms with E-state index in [0.29, 0.717) is 17.8 Å². The fraction of sp³-hybridized carbons (Fsp3) is 0.941. The average molecular weight is 397 g/mol. The van der Waals surface area contributed by atoms with E-state index in [-0.39, 0.29) is 17.6 Å². The highest BCUT2D eigenvalue weighted by Gasteiger charge is 2.56. The fourth-order valence-corrected chi connectivity index (χ4v) is 5.14. The van der Waals surface area contributed by atoms with Gasteiger partial charge in [-0.25, -0.2) is 4.79 Å². The molecule has 0 aromatic carbocycles. The van der Waals surface area contributed by atoms with Gasteiger partial charge in [0.05, 0.1) is 6.61 Å². The van der Waals surface area contributed by atoms with Crippen LogP contribution in [0.1, 0.15) is 59.3 Å². The van der Waals surface area contributed by atoms with Crippen LogP contribution in [-0.4, -0.2) is 36.3 Å². The van der Waals surface area contributed by atoms with Crippen molar-refractivity contribution in [1.82, 2.24) is 0 Å². The molecule has 0 saturated heterocycles. The molecule has 4 saturated carbocycles. The second-order valence-electron chi connectivity index (χ2n) is 9.35. The average Bonchev–Trinajstić information content (AvgIpc) is 2.40. The van der Waals surface area contributed by atoms with Gasteiger partial charge in [0.2, 0.25) is 0 Å². The quantitative estimate of drug-likeness (QED) is 0.558. The summed E-state index contributed by atoms with van der Waals surface area (Å²) in [4.78, 5) is 11.3. The SMILES string of the molecule is CC(C)(C)N.O=C(OCC12CC3CC(CC(C3)C1)C2)C(F)(F)S(=O)(=O)O. The van der Waals surface area contributed by atoms with Crippen molar-refractivity contribution in [3.8, 4) is 0 Å². The van der Waals surface area contributed by atoms with Gasteiger partial charge in [-0.2, -0.15) is 17.2 Å². The Bertz CT molecular complexity index is 601. The topological polar surface area (TPSA) is 107 Å². The predicted molar refractivity (Wildman–Crippen MR) is 92.0 cm³/mol. The van der Waals surface area contributed by atoms with Crippen molar-refractivity contribution in [3.05, 3.63) is 0 Å². The van der Waals surface area contributed by atoms with E-state index in [1.54, 1.807) is 0 Å². The van der Waals surface area contributed by atoms with E-state index in [0.717, 1.165) is 38.5 Å². The molecule has 4 fully saturated rings. The first-order valence-corrected chi connectivity index (χ1v) is 10.4. The molecular formula is C17H29F2NO5S. The molecule has 4 rings (SSSR count). The van der Waals surface area contributed by atoms with Crippen LogP contribution in [0.5, 0.6) is 0 Å². The zero-order valence-electron chi connectivity index (χ0n) is 15.5. The summed E-state index contributed by atoms with van der Waals surface area (Å²) in [5, 5.41) is -4.89. The normalized spacial score (nSPS) is 33.4. The van der Waals surface area contributed by atoms with Gasteiger partial charge < -0.3 is 10.5 Å². The van der Waals surface area contributed by atoms with Gasteiger partial charge in [-0.3, -0.25) is 4.55 Å². The van der Waals surface area contributed by atoms with Crippen LogP contribution in [0, 0.1) is 23.2 Å². The predicted octanol–water partition coefficient (Wildman–Crippen LogP) is 2.97. The highest BCUT2D eigenvalue weighted by Crippen LogP contribution is 2.60. The summed E-state index contributed by atoms with van der Waals surface area (Å²) in [7, 11) is -5.79. The zero-order valence-corrected chi connectivity index (χ0v) is 16.3. The van der Waals surface area contributed by atoms with Crippen LogP contribution < -0.4 is 5.73 Å². The van der Waals surface area contributed by atoms with Gasteiger partial charge in [0, 0.05) is 11.0 Å². The Morgan fingerprint density at radius 3 is 1.77 bits per heavy atom. The molecule has 0 heterocycles. The van der Waals surface area contributed by atoms with E-state index in [1.807, 2.05) is 20.8 Å². The first kappa shape index (κ1) is 21.5. The number of hydrogen-bond donors (Lipinski definition) is 2. The van der Waals surface area contributed by atoms with Crippen LogP contribution in [0.2, 0.25) is 0 Å². The van der Waals surface area contributed by atoms with E-state index >= 15 is 0 Å². The van der Waals surface area contributed by atoms with Gasteiger partial charge in [-0.05, 0) is 77.0 Å². The van der Waals surface area contributed by atoms with E-state index in [9.17, 15) is 22.0 Å². The van der Waals surface area contributed by atoms with Crippen LogP contribution in [0.15, 0.2) is 0 Å². The lowest BCUT2D eigenvalue weighted by Gasteiger charge is -2.56. The zero-order chi connectivity index (χ0) is 20.0. The molecule has 6 nitrogen and oxygen atoms in total. The molecule has 3 N–H and O–H groups in total. The maximum absolute atomic E-state index is 13.2. The number of halogens is 2. The van der Waals surface area contributed by atoms with Gasteiger partial charge >= 0.3 is 21.3 Å². The molecular weight excluding hydrogens is 368 g/mol. The summed E-state index contributed by atoms with van der Waals surface area (Å²) in [6, 6.07) is 0. The first-order chi connectivity index (χ1) is 11.6. The second kappa shape index (κ2) is 6.98. The van der Waals surface area contributed by atoms with Gasteiger partial charge in [0.1, 0.15) is 0 Å². The van der Waals surface area contributed by atoms with Crippen molar-refractivity contribution in [2.75, 3.05) is 6.61 Å². The molecule has 0 aliphatic heterocycles. The van der Waals surface area contributed by atoms with Crippen LogP contribution in [0.25, 0.3) is 0 Å². The van der Waals surface area contributed by atoms with E-state index in [4.69, 9.17) is 10.3 Å². The molecule has 152 valence electrons. The monoisotopic (exact) mass is 397 g/mol. The highest BCUT2D eigenvalue weighted by molar-refractivity contribution is 7.87. The standard InChI is InChI=1S/C13H18F2O5S.C4H11N/c14-13(15,21(17,18)19)11(16)20-7-12-4-8-1-9(5-12)3-10(2-8)6-12;1-4(2,3)5/h8-10H,1-7H2,(H,17,18,19);5H2,1-3H3. The Labute approximate surface area is 153 Å². The maximum Gasteiger partial charge on any atom is 0.465 e. The van der Waals surface area contributed by atoms with Gasteiger partial charge in [0.15, 0.2) is 0 Å². The molecule has 4 aliphatic carbocycles. The van der Waals surface area contributed by atoms with Crippen molar-refractivity contribution in [1.29, 1.82) is 0 Å². The number of esters is 1. The number of ether oxygens (including phenoxy) is 1. The lowest BCUT2D eigenvalue weighted by atomic mass is 9.50. The Morgan fingerprint density at radius 2 is 1.46 bits per heavy atom. The van der Waals surface area contributed by atoms with Crippen molar-refractivity contribution in [3.63, 3.8) is 0 Å². The summed E-state index contributed by atoms with van der Waals surface area (Å²) < 4.78 is 60.4. The largest absolute Gasteiger partial charge is 0.465 e. The molecule has 0 atom stereocenters. The van der Waals surface area contributed by atoms with Crippen LogP contribution in [0.3, 0.4) is 0 Å².